The summed E-state index contributed by atoms with van der Waals surface area (Å²) in [6.45, 7) is 3.18. The fourth-order valence-corrected chi connectivity index (χ4v) is 6.01. The van der Waals surface area contributed by atoms with Gasteiger partial charge in [-0.3, -0.25) is 4.79 Å². The molecular formula is C23H31NO3. The second kappa shape index (κ2) is 6.80. The number of aryl methyl sites for hydroxylation is 1. The Balaban J connectivity index is 1.37. The molecule has 5 rings (SSSR count). The summed E-state index contributed by atoms with van der Waals surface area (Å²) in [5.41, 5.74) is 2.58. The van der Waals surface area contributed by atoms with Gasteiger partial charge in [-0.25, -0.2) is 0 Å². The zero-order valence-electron chi connectivity index (χ0n) is 16.4. The zero-order valence-corrected chi connectivity index (χ0v) is 16.4. The number of piperidine rings is 1. The van der Waals surface area contributed by atoms with Crippen LogP contribution in [0.1, 0.15) is 56.1 Å². The molecule has 0 radical (unpaired) electrons. The number of esters is 1. The molecular weight excluding hydrogens is 338 g/mol. The van der Waals surface area contributed by atoms with Gasteiger partial charge in [-0.15, -0.1) is 0 Å². The van der Waals surface area contributed by atoms with E-state index in [9.17, 15) is 4.79 Å². The highest BCUT2D eigenvalue weighted by atomic mass is 16.5. The standard InChI is InChI=1S/C23H31NO3/c1-13(23(25)26-2)22(15-4-5-15)16-6-3-14-7-8-20(27-21(14)10-16)19-11-18-9-17(19)12-24-18/h3,6,10,13,15,17-20,22,24H,4-5,7-9,11-12H2,1-2H3/t13-,17+,18+,19?,20?,22-/m0/s1. The van der Waals surface area contributed by atoms with Crippen molar-refractivity contribution in [1.29, 1.82) is 0 Å². The number of benzene rings is 1. The lowest BCUT2D eigenvalue weighted by atomic mass is 9.81. The van der Waals surface area contributed by atoms with Crippen LogP contribution in [0.5, 0.6) is 5.75 Å². The number of hydrogen-bond donors (Lipinski definition) is 1. The fraction of sp³-hybridized carbons (Fsp3) is 0.696. The zero-order chi connectivity index (χ0) is 18.5. The van der Waals surface area contributed by atoms with Crippen molar-refractivity contribution in [3.63, 3.8) is 0 Å². The third-order valence-electron chi connectivity index (χ3n) is 7.59. The first-order valence-electron chi connectivity index (χ1n) is 10.7. The summed E-state index contributed by atoms with van der Waals surface area (Å²) in [5, 5.41) is 3.62. The topological polar surface area (TPSA) is 47.6 Å². The molecule has 6 atom stereocenters. The van der Waals surface area contributed by atoms with Gasteiger partial charge >= 0.3 is 5.97 Å². The number of fused-ring (bicyclic) bond motifs is 3. The van der Waals surface area contributed by atoms with E-state index in [-0.39, 0.29) is 17.8 Å². The predicted molar refractivity (Wildman–Crippen MR) is 104 cm³/mol. The number of carbonyl (C=O) groups is 1. The van der Waals surface area contributed by atoms with Gasteiger partial charge in [-0.2, -0.15) is 0 Å². The van der Waals surface area contributed by atoms with Crippen LogP contribution in [0.4, 0.5) is 0 Å². The lowest BCUT2D eigenvalue weighted by Crippen LogP contribution is -2.39. The summed E-state index contributed by atoms with van der Waals surface area (Å²) in [6.07, 6.45) is 7.65. The molecule has 146 valence electrons. The van der Waals surface area contributed by atoms with Crippen molar-refractivity contribution >= 4 is 5.97 Å². The SMILES string of the molecule is COC(=O)[C@@H](C)[C@H](c1ccc2c(c1)OC(C1C[C@H]3C[C@@H]1CN3)CC2)C1CC1. The van der Waals surface area contributed by atoms with Crippen LogP contribution in [-0.2, 0) is 16.0 Å². The summed E-state index contributed by atoms with van der Waals surface area (Å²) in [4.78, 5) is 12.2. The molecule has 4 nitrogen and oxygen atoms in total. The molecule has 2 saturated carbocycles. The molecule has 1 N–H and O–H groups in total. The van der Waals surface area contributed by atoms with Crippen LogP contribution in [0.3, 0.4) is 0 Å². The van der Waals surface area contributed by atoms with Gasteiger partial charge < -0.3 is 14.8 Å². The van der Waals surface area contributed by atoms with Crippen molar-refractivity contribution in [3.05, 3.63) is 29.3 Å². The number of carbonyl (C=O) groups excluding carboxylic acids is 1. The second-order valence-corrected chi connectivity index (χ2v) is 9.24. The normalized spacial score (nSPS) is 33.9. The van der Waals surface area contributed by atoms with Gasteiger partial charge in [0.2, 0.25) is 0 Å². The number of ether oxygens (including phenoxy) is 2. The van der Waals surface area contributed by atoms with E-state index in [0.717, 1.165) is 30.6 Å². The summed E-state index contributed by atoms with van der Waals surface area (Å²) in [5.74, 6) is 3.23. The number of rotatable bonds is 5. The Morgan fingerprint density at radius 1 is 1.26 bits per heavy atom. The molecule has 2 unspecified atom stereocenters. The molecule has 3 fully saturated rings. The summed E-state index contributed by atoms with van der Waals surface area (Å²) >= 11 is 0. The lowest BCUT2D eigenvalue weighted by molar-refractivity contribution is -0.145. The minimum Gasteiger partial charge on any atom is -0.490 e. The molecule has 27 heavy (non-hydrogen) atoms. The van der Waals surface area contributed by atoms with Crippen molar-refractivity contribution in [1.82, 2.24) is 5.32 Å². The third-order valence-corrected chi connectivity index (χ3v) is 7.59. The van der Waals surface area contributed by atoms with Crippen LogP contribution >= 0.6 is 0 Å². The van der Waals surface area contributed by atoms with E-state index < -0.39 is 0 Å². The van der Waals surface area contributed by atoms with Gasteiger partial charge in [0, 0.05) is 12.0 Å². The van der Waals surface area contributed by atoms with Gasteiger partial charge in [-0.1, -0.05) is 19.1 Å². The quantitative estimate of drug-likeness (QED) is 0.805. The maximum Gasteiger partial charge on any atom is 0.309 e. The van der Waals surface area contributed by atoms with E-state index in [2.05, 4.69) is 23.5 Å². The summed E-state index contributed by atoms with van der Waals surface area (Å²) < 4.78 is 11.6. The Kier molecular flexibility index (Phi) is 4.42. The van der Waals surface area contributed by atoms with Crippen molar-refractivity contribution in [2.45, 2.75) is 63.5 Å². The van der Waals surface area contributed by atoms with Gasteiger partial charge in [0.15, 0.2) is 0 Å². The van der Waals surface area contributed by atoms with E-state index in [4.69, 9.17) is 9.47 Å². The van der Waals surface area contributed by atoms with Gasteiger partial charge in [0.25, 0.3) is 0 Å². The average Bonchev–Trinajstić information content (AvgIpc) is 3.29. The highest BCUT2D eigenvalue weighted by Crippen LogP contribution is 2.49. The minimum absolute atomic E-state index is 0.0992. The predicted octanol–water partition coefficient (Wildman–Crippen LogP) is 3.68. The Morgan fingerprint density at radius 2 is 2.11 bits per heavy atom. The van der Waals surface area contributed by atoms with Gasteiger partial charge in [0.1, 0.15) is 11.9 Å². The molecule has 1 saturated heterocycles. The first-order chi connectivity index (χ1) is 13.1. The molecule has 1 aromatic carbocycles. The van der Waals surface area contributed by atoms with Crippen molar-refractivity contribution < 1.29 is 14.3 Å². The second-order valence-electron chi connectivity index (χ2n) is 9.24. The molecule has 4 heteroatoms. The molecule has 0 amide bonds. The molecule has 0 spiro atoms. The first-order valence-corrected chi connectivity index (χ1v) is 10.7. The Morgan fingerprint density at radius 3 is 2.78 bits per heavy atom. The third kappa shape index (κ3) is 3.16. The average molecular weight is 370 g/mol. The molecule has 2 aliphatic carbocycles. The monoisotopic (exact) mass is 369 g/mol. The molecule has 2 bridgehead atoms. The smallest absolute Gasteiger partial charge is 0.309 e. The first kappa shape index (κ1) is 17.5. The van der Waals surface area contributed by atoms with Crippen LogP contribution in [0.15, 0.2) is 18.2 Å². The largest absolute Gasteiger partial charge is 0.490 e. The number of methoxy groups -OCH3 is 1. The van der Waals surface area contributed by atoms with Crippen molar-refractivity contribution in [2.75, 3.05) is 13.7 Å². The van der Waals surface area contributed by atoms with Gasteiger partial charge in [0.05, 0.1) is 13.0 Å². The molecule has 2 aliphatic heterocycles. The minimum atomic E-state index is -0.100. The highest BCUT2D eigenvalue weighted by Gasteiger charge is 2.45. The van der Waals surface area contributed by atoms with Gasteiger partial charge in [-0.05, 0) is 80.0 Å². The molecule has 0 aromatic heterocycles. The van der Waals surface area contributed by atoms with E-state index in [0.29, 0.717) is 17.9 Å². The van der Waals surface area contributed by atoms with Crippen LogP contribution in [0, 0.1) is 23.7 Å². The van der Waals surface area contributed by atoms with Crippen molar-refractivity contribution in [3.8, 4) is 5.75 Å². The van der Waals surface area contributed by atoms with E-state index in [1.165, 1.54) is 50.5 Å². The van der Waals surface area contributed by atoms with E-state index in [1.807, 2.05) is 6.92 Å². The molecule has 1 aromatic rings. The van der Waals surface area contributed by atoms with Crippen LogP contribution in [0.2, 0.25) is 0 Å². The van der Waals surface area contributed by atoms with Crippen LogP contribution < -0.4 is 10.1 Å². The number of hydrogen-bond acceptors (Lipinski definition) is 4. The lowest BCUT2D eigenvalue weighted by Gasteiger charge is -2.35. The molecule has 4 aliphatic rings. The van der Waals surface area contributed by atoms with E-state index >= 15 is 0 Å². The maximum absolute atomic E-state index is 12.2. The van der Waals surface area contributed by atoms with E-state index in [1.54, 1.807) is 0 Å². The summed E-state index contributed by atoms with van der Waals surface area (Å²) in [7, 11) is 1.49. The Hall–Kier alpha value is -1.55. The Bertz CT molecular complexity index is 728. The maximum atomic E-state index is 12.2. The van der Waals surface area contributed by atoms with Crippen LogP contribution in [-0.4, -0.2) is 31.8 Å². The Labute approximate surface area is 162 Å². The highest BCUT2D eigenvalue weighted by molar-refractivity contribution is 5.73. The van der Waals surface area contributed by atoms with Crippen LogP contribution in [0.25, 0.3) is 0 Å². The van der Waals surface area contributed by atoms with Crippen molar-refractivity contribution in [2.24, 2.45) is 23.7 Å². The summed E-state index contributed by atoms with van der Waals surface area (Å²) in [6, 6.07) is 7.43. The number of nitrogens with one attached hydrogen (secondary N) is 1. The molecule has 2 heterocycles. The fourth-order valence-electron chi connectivity index (χ4n) is 6.01.